The lowest BCUT2D eigenvalue weighted by Gasteiger charge is -2.11. The molecule has 23 heavy (non-hydrogen) atoms. The van der Waals surface area contributed by atoms with E-state index in [4.69, 9.17) is 9.47 Å². The summed E-state index contributed by atoms with van der Waals surface area (Å²) >= 11 is 0. The topological polar surface area (TPSA) is 60.5 Å². The van der Waals surface area contributed by atoms with Crippen molar-refractivity contribution in [2.24, 2.45) is 0 Å². The van der Waals surface area contributed by atoms with Gasteiger partial charge in [0.05, 0.1) is 20.1 Å². The molecule has 1 aromatic heterocycles. The minimum atomic E-state index is -0.0499. The van der Waals surface area contributed by atoms with Crippen molar-refractivity contribution < 1.29 is 14.3 Å². The van der Waals surface area contributed by atoms with E-state index < -0.39 is 0 Å². The van der Waals surface area contributed by atoms with Crippen LogP contribution in [-0.2, 0) is 11.3 Å². The summed E-state index contributed by atoms with van der Waals surface area (Å²) in [6, 6.07) is 9.55. The van der Waals surface area contributed by atoms with E-state index in [2.05, 4.69) is 10.3 Å². The van der Waals surface area contributed by atoms with Gasteiger partial charge in [-0.1, -0.05) is 18.2 Å². The summed E-state index contributed by atoms with van der Waals surface area (Å²) in [6.07, 6.45) is 2.00. The van der Waals surface area contributed by atoms with Gasteiger partial charge in [0, 0.05) is 18.8 Å². The van der Waals surface area contributed by atoms with Crippen molar-refractivity contribution in [1.29, 1.82) is 0 Å². The molecule has 0 bridgehead atoms. The maximum absolute atomic E-state index is 11.8. The fourth-order valence-corrected chi connectivity index (χ4v) is 2.06. The van der Waals surface area contributed by atoms with E-state index in [0.29, 0.717) is 25.5 Å². The minimum absolute atomic E-state index is 0.0499. The van der Waals surface area contributed by atoms with Crippen molar-refractivity contribution in [1.82, 2.24) is 10.3 Å². The van der Waals surface area contributed by atoms with Gasteiger partial charge in [-0.3, -0.25) is 4.79 Å². The number of amides is 1. The monoisotopic (exact) mass is 314 g/mol. The molecule has 1 aromatic carbocycles. The zero-order valence-corrected chi connectivity index (χ0v) is 13.8. The Kier molecular flexibility index (Phi) is 5.97. The molecule has 0 atom stereocenters. The molecule has 0 aliphatic heterocycles. The first-order chi connectivity index (χ1) is 11.1. The van der Waals surface area contributed by atoms with Crippen LogP contribution >= 0.6 is 0 Å². The minimum Gasteiger partial charge on any atom is -0.493 e. The van der Waals surface area contributed by atoms with Crippen molar-refractivity contribution >= 4 is 5.91 Å². The number of aromatic nitrogens is 1. The van der Waals surface area contributed by atoms with Crippen LogP contribution in [0.4, 0.5) is 0 Å². The average Bonchev–Trinajstić information content (AvgIpc) is 2.57. The quantitative estimate of drug-likeness (QED) is 0.853. The molecule has 5 heteroatoms. The van der Waals surface area contributed by atoms with E-state index in [0.717, 1.165) is 16.9 Å². The Morgan fingerprint density at radius 3 is 2.74 bits per heavy atom. The van der Waals surface area contributed by atoms with Crippen molar-refractivity contribution in [3.8, 4) is 11.6 Å². The highest BCUT2D eigenvalue weighted by molar-refractivity contribution is 5.76. The number of pyridine rings is 1. The summed E-state index contributed by atoms with van der Waals surface area (Å²) in [4.78, 5) is 15.9. The molecule has 0 saturated carbocycles. The predicted molar refractivity (Wildman–Crippen MR) is 88.7 cm³/mol. The second kappa shape index (κ2) is 8.17. The molecule has 2 aromatic rings. The van der Waals surface area contributed by atoms with Crippen LogP contribution in [0.15, 0.2) is 36.5 Å². The van der Waals surface area contributed by atoms with E-state index in [-0.39, 0.29) is 5.91 Å². The lowest BCUT2D eigenvalue weighted by molar-refractivity contribution is -0.121. The number of nitrogens with one attached hydrogen (secondary N) is 1. The molecule has 0 aliphatic rings. The number of benzene rings is 1. The van der Waals surface area contributed by atoms with E-state index in [1.165, 1.54) is 5.56 Å². The van der Waals surface area contributed by atoms with Crippen LogP contribution in [0, 0.1) is 13.8 Å². The van der Waals surface area contributed by atoms with Crippen molar-refractivity contribution in [3.05, 3.63) is 53.2 Å². The highest BCUT2D eigenvalue weighted by atomic mass is 16.5. The van der Waals surface area contributed by atoms with Crippen LogP contribution < -0.4 is 14.8 Å². The molecule has 0 saturated heterocycles. The molecule has 1 amide bonds. The van der Waals surface area contributed by atoms with Gasteiger partial charge in [-0.15, -0.1) is 0 Å². The summed E-state index contributed by atoms with van der Waals surface area (Å²) in [6.45, 7) is 4.86. The van der Waals surface area contributed by atoms with Crippen LogP contribution in [0.1, 0.15) is 23.1 Å². The van der Waals surface area contributed by atoms with E-state index in [9.17, 15) is 4.79 Å². The Bertz CT molecular complexity index is 654. The summed E-state index contributed by atoms with van der Waals surface area (Å²) < 4.78 is 10.7. The second-order valence-corrected chi connectivity index (χ2v) is 5.28. The Morgan fingerprint density at radius 2 is 2.04 bits per heavy atom. The largest absolute Gasteiger partial charge is 0.493 e. The molecule has 1 N–H and O–H groups in total. The molecule has 5 nitrogen and oxygen atoms in total. The number of nitrogens with zero attached hydrogens (tertiary/aromatic N) is 1. The summed E-state index contributed by atoms with van der Waals surface area (Å²) in [5.41, 5.74) is 3.21. The van der Waals surface area contributed by atoms with Crippen LogP contribution in [0.2, 0.25) is 0 Å². The maximum atomic E-state index is 11.8. The van der Waals surface area contributed by atoms with Gasteiger partial charge in [0.1, 0.15) is 5.75 Å². The molecule has 0 fully saturated rings. The zero-order chi connectivity index (χ0) is 16.7. The number of rotatable bonds is 7. The molecular weight excluding hydrogens is 292 g/mol. The number of methoxy groups -OCH3 is 1. The standard InChI is InChI=1S/C18H22N2O3/c1-13-5-4-6-16(14(13)2)23-10-9-17(21)19-11-15-7-8-18(22-3)20-12-15/h4-8,12H,9-11H2,1-3H3,(H,19,21). The van der Waals surface area contributed by atoms with Gasteiger partial charge in [0.15, 0.2) is 0 Å². The van der Waals surface area contributed by atoms with Gasteiger partial charge < -0.3 is 14.8 Å². The van der Waals surface area contributed by atoms with Crippen LogP contribution in [0.5, 0.6) is 11.6 Å². The fraction of sp³-hybridized carbons (Fsp3) is 0.333. The predicted octanol–water partition coefficient (Wildman–Crippen LogP) is 2.79. The van der Waals surface area contributed by atoms with Crippen molar-refractivity contribution in [3.63, 3.8) is 0 Å². The van der Waals surface area contributed by atoms with Gasteiger partial charge in [-0.05, 0) is 36.6 Å². The molecule has 122 valence electrons. The van der Waals surface area contributed by atoms with E-state index in [1.54, 1.807) is 19.4 Å². The van der Waals surface area contributed by atoms with E-state index in [1.807, 2.05) is 38.1 Å². The SMILES string of the molecule is COc1ccc(CNC(=O)CCOc2cccc(C)c2C)cn1. The Morgan fingerprint density at radius 1 is 1.22 bits per heavy atom. The highest BCUT2D eigenvalue weighted by Gasteiger charge is 2.05. The number of hydrogen-bond acceptors (Lipinski definition) is 4. The Labute approximate surface area is 136 Å². The first kappa shape index (κ1) is 16.8. The number of ether oxygens (including phenoxy) is 2. The first-order valence-electron chi connectivity index (χ1n) is 7.55. The summed E-state index contributed by atoms with van der Waals surface area (Å²) in [5, 5.41) is 2.85. The third kappa shape index (κ3) is 4.98. The van der Waals surface area contributed by atoms with Gasteiger partial charge in [-0.2, -0.15) is 0 Å². The zero-order valence-electron chi connectivity index (χ0n) is 13.8. The smallest absolute Gasteiger partial charge is 0.223 e. The third-order valence-electron chi connectivity index (χ3n) is 3.64. The fourth-order valence-electron chi connectivity index (χ4n) is 2.06. The molecule has 2 rings (SSSR count). The summed E-state index contributed by atoms with van der Waals surface area (Å²) in [7, 11) is 1.57. The van der Waals surface area contributed by atoms with Crippen LogP contribution in [0.3, 0.4) is 0 Å². The maximum Gasteiger partial charge on any atom is 0.223 e. The first-order valence-corrected chi connectivity index (χ1v) is 7.55. The third-order valence-corrected chi connectivity index (χ3v) is 3.64. The highest BCUT2D eigenvalue weighted by Crippen LogP contribution is 2.20. The second-order valence-electron chi connectivity index (χ2n) is 5.28. The van der Waals surface area contributed by atoms with E-state index >= 15 is 0 Å². The summed E-state index contributed by atoms with van der Waals surface area (Å²) in [5.74, 6) is 1.34. The van der Waals surface area contributed by atoms with Gasteiger partial charge in [-0.25, -0.2) is 4.98 Å². The van der Waals surface area contributed by atoms with Crippen molar-refractivity contribution in [2.75, 3.05) is 13.7 Å². The molecule has 1 heterocycles. The van der Waals surface area contributed by atoms with Crippen LogP contribution in [0.25, 0.3) is 0 Å². The molecule has 0 aliphatic carbocycles. The Hall–Kier alpha value is -2.56. The normalized spacial score (nSPS) is 10.2. The average molecular weight is 314 g/mol. The van der Waals surface area contributed by atoms with Gasteiger partial charge in [0.25, 0.3) is 0 Å². The lowest BCUT2D eigenvalue weighted by atomic mass is 10.1. The number of hydrogen-bond donors (Lipinski definition) is 1. The van der Waals surface area contributed by atoms with Gasteiger partial charge in [0.2, 0.25) is 11.8 Å². The van der Waals surface area contributed by atoms with Crippen LogP contribution in [-0.4, -0.2) is 24.6 Å². The van der Waals surface area contributed by atoms with Gasteiger partial charge >= 0.3 is 0 Å². The molecule has 0 unspecified atom stereocenters. The number of carbonyl (C=O) groups is 1. The van der Waals surface area contributed by atoms with Crippen molar-refractivity contribution in [2.45, 2.75) is 26.8 Å². The number of carbonyl (C=O) groups excluding carboxylic acids is 1. The molecule has 0 radical (unpaired) electrons. The molecular formula is C18H22N2O3. The lowest BCUT2D eigenvalue weighted by Crippen LogP contribution is -2.24. The number of aryl methyl sites for hydroxylation is 1. The molecule has 0 spiro atoms. The Balaban J connectivity index is 1.73.